The summed E-state index contributed by atoms with van der Waals surface area (Å²) in [6, 6.07) is 3.97. The highest BCUT2D eigenvalue weighted by Gasteiger charge is 2.40. The Labute approximate surface area is 147 Å². The quantitative estimate of drug-likeness (QED) is 0.832. The van der Waals surface area contributed by atoms with Crippen molar-refractivity contribution in [2.24, 2.45) is 0 Å². The summed E-state index contributed by atoms with van der Waals surface area (Å²) in [6.45, 7) is 2.28. The van der Waals surface area contributed by atoms with E-state index in [1.807, 2.05) is 12.3 Å². The molecule has 1 unspecified atom stereocenters. The Balaban J connectivity index is 1.38. The van der Waals surface area contributed by atoms with Gasteiger partial charge >= 0.3 is 6.09 Å². The lowest BCUT2D eigenvalue weighted by molar-refractivity contribution is -0.178. The van der Waals surface area contributed by atoms with E-state index in [0.29, 0.717) is 38.1 Å². The Kier molecular flexibility index (Phi) is 4.62. The van der Waals surface area contributed by atoms with Crippen LogP contribution in [0.5, 0.6) is 0 Å². The van der Waals surface area contributed by atoms with Crippen LogP contribution in [-0.2, 0) is 18.9 Å². The lowest BCUT2D eigenvalue weighted by Gasteiger charge is -2.35. The van der Waals surface area contributed by atoms with Crippen LogP contribution in [0.2, 0.25) is 0 Å². The predicted molar refractivity (Wildman–Crippen MR) is 89.6 cm³/mol. The number of methoxy groups -OCH3 is 1. The van der Waals surface area contributed by atoms with Gasteiger partial charge < -0.3 is 18.9 Å². The molecule has 1 aromatic heterocycles. The zero-order chi connectivity index (χ0) is 17.3. The molecular formula is C18H24N2O5. The zero-order valence-corrected chi connectivity index (χ0v) is 14.5. The summed E-state index contributed by atoms with van der Waals surface area (Å²) in [5, 5.41) is 0. The third-order valence-electron chi connectivity index (χ3n) is 5.31. The lowest BCUT2D eigenvalue weighted by Crippen LogP contribution is -2.34. The Bertz CT molecular complexity index is 604. The molecule has 0 N–H and O–H groups in total. The minimum absolute atomic E-state index is 0.236. The highest BCUT2D eigenvalue weighted by Crippen LogP contribution is 2.42. The van der Waals surface area contributed by atoms with Crippen molar-refractivity contribution in [2.45, 2.75) is 43.5 Å². The van der Waals surface area contributed by atoms with E-state index in [4.69, 9.17) is 18.9 Å². The van der Waals surface area contributed by atoms with Crippen molar-refractivity contribution in [2.75, 3.05) is 38.4 Å². The Morgan fingerprint density at radius 2 is 2.04 bits per heavy atom. The van der Waals surface area contributed by atoms with Crippen LogP contribution in [0.3, 0.4) is 0 Å². The van der Waals surface area contributed by atoms with Gasteiger partial charge in [0, 0.05) is 26.1 Å². The third-order valence-corrected chi connectivity index (χ3v) is 5.31. The van der Waals surface area contributed by atoms with E-state index in [1.165, 1.54) is 5.56 Å². The monoisotopic (exact) mass is 348 g/mol. The van der Waals surface area contributed by atoms with Crippen LogP contribution < -0.4 is 4.90 Å². The van der Waals surface area contributed by atoms with Gasteiger partial charge in [-0.05, 0) is 30.4 Å². The second-order valence-corrected chi connectivity index (χ2v) is 6.90. The van der Waals surface area contributed by atoms with E-state index in [1.54, 1.807) is 12.0 Å². The molecule has 0 aromatic carbocycles. The van der Waals surface area contributed by atoms with Gasteiger partial charge in [-0.2, -0.15) is 0 Å². The first-order valence-electron chi connectivity index (χ1n) is 8.90. The fourth-order valence-electron chi connectivity index (χ4n) is 3.96. The number of pyridine rings is 1. The fraction of sp³-hybridized carbons (Fsp3) is 0.667. The maximum Gasteiger partial charge on any atom is 0.416 e. The third kappa shape index (κ3) is 3.36. The normalized spacial score (nSPS) is 26.4. The largest absolute Gasteiger partial charge is 0.441 e. The van der Waals surface area contributed by atoms with Crippen LogP contribution >= 0.6 is 0 Å². The molecule has 3 fully saturated rings. The molecule has 3 heterocycles. The number of aromatic nitrogens is 1. The van der Waals surface area contributed by atoms with Crippen LogP contribution in [0.4, 0.5) is 10.6 Å². The van der Waals surface area contributed by atoms with Crippen LogP contribution in [0.1, 0.15) is 37.2 Å². The van der Waals surface area contributed by atoms with Gasteiger partial charge in [0.2, 0.25) is 0 Å². The summed E-state index contributed by atoms with van der Waals surface area (Å²) >= 11 is 0. The molecular weight excluding hydrogens is 324 g/mol. The molecule has 7 nitrogen and oxygen atoms in total. The number of rotatable bonds is 4. The Morgan fingerprint density at radius 3 is 2.68 bits per heavy atom. The van der Waals surface area contributed by atoms with E-state index in [-0.39, 0.29) is 18.0 Å². The van der Waals surface area contributed by atoms with E-state index in [9.17, 15) is 4.79 Å². The first kappa shape index (κ1) is 16.8. The Hall–Kier alpha value is -1.70. The molecule has 2 saturated heterocycles. The predicted octanol–water partition coefficient (Wildman–Crippen LogP) is 2.45. The number of amides is 1. The molecule has 136 valence electrons. The van der Waals surface area contributed by atoms with Crippen molar-refractivity contribution in [3.63, 3.8) is 0 Å². The number of nitrogens with zero attached hydrogens (tertiary/aromatic N) is 2. The van der Waals surface area contributed by atoms with Gasteiger partial charge in [0.25, 0.3) is 0 Å². The molecule has 0 bridgehead atoms. The van der Waals surface area contributed by atoms with Gasteiger partial charge in [0.05, 0.1) is 26.4 Å². The van der Waals surface area contributed by atoms with Crippen molar-refractivity contribution >= 4 is 11.9 Å². The summed E-state index contributed by atoms with van der Waals surface area (Å²) in [5.41, 5.74) is 1.21. The van der Waals surface area contributed by atoms with Crippen molar-refractivity contribution in [3.05, 3.63) is 23.9 Å². The molecule has 1 aromatic rings. The van der Waals surface area contributed by atoms with Gasteiger partial charge in [-0.3, -0.25) is 4.90 Å². The number of anilines is 1. The number of hydrogen-bond acceptors (Lipinski definition) is 6. The topological polar surface area (TPSA) is 70.1 Å². The van der Waals surface area contributed by atoms with Gasteiger partial charge in [0.15, 0.2) is 5.79 Å². The van der Waals surface area contributed by atoms with Crippen molar-refractivity contribution in [3.8, 4) is 0 Å². The van der Waals surface area contributed by atoms with Gasteiger partial charge in [-0.25, -0.2) is 9.78 Å². The molecule has 1 saturated carbocycles. The molecule has 1 amide bonds. The molecule has 25 heavy (non-hydrogen) atoms. The summed E-state index contributed by atoms with van der Waals surface area (Å²) in [7, 11) is 1.60. The minimum atomic E-state index is -0.363. The standard InChI is InChI=1S/C18H24N2O5/c1-22-12-15-11-20(17(21)25-15)16-3-2-14(10-19-16)13-4-6-18(7-5-13)23-8-9-24-18/h2-3,10,13,15H,4-9,11-12H2,1H3. The summed E-state index contributed by atoms with van der Waals surface area (Å²) in [6.07, 6.45) is 5.20. The van der Waals surface area contributed by atoms with Gasteiger partial charge in [-0.15, -0.1) is 0 Å². The average molecular weight is 348 g/mol. The molecule has 3 aliphatic rings. The summed E-state index contributed by atoms with van der Waals surface area (Å²) < 4.78 is 21.9. The second-order valence-electron chi connectivity index (χ2n) is 6.90. The van der Waals surface area contributed by atoms with Crippen LogP contribution in [0.15, 0.2) is 18.3 Å². The highest BCUT2D eigenvalue weighted by atomic mass is 16.7. The van der Waals surface area contributed by atoms with E-state index < -0.39 is 0 Å². The van der Waals surface area contributed by atoms with Gasteiger partial charge in [0.1, 0.15) is 11.9 Å². The zero-order valence-electron chi connectivity index (χ0n) is 14.5. The van der Waals surface area contributed by atoms with E-state index in [2.05, 4.69) is 11.1 Å². The first-order valence-corrected chi connectivity index (χ1v) is 8.90. The maximum absolute atomic E-state index is 12.0. The minimum Gasteiger partial charge on any atom is -0.441 e. The van der Waals surface area contributed by atoms with Crippen molar-refractivity contribution < 1.29 is 23.7 Å². The molecule has 1 aliphatic carbocycles. The molecule has 7 heteroatoms. The van der Waals surface area contributed by atoms with Crippen molar-refractivity contribution in [1.29, 1.82) is 0 Å². The maximum atomic E-state index is 12.0. The van der Waals surface area contributed by atoms with E-state index >= 15 is 0 Å². The molecule has 2 aliphatic heterocycles. The number of carbonyl (C=O) groups is 1. The highest BCUT2D eigenvalue weighted by molar-refractivity contribution is 5.88. The van der Waals surface area contributed by atoms with Crippen LogP contribution in [0.25, 0.3) is 0 Å². The van der Waals surface area contributed by atoms with Crippen LogP contribution in [0, 0.1) is 0 Å². The number of carbonyl (C=O) groups excluding carboxylic acids is 1. The SMILES string of the molecule is COCC1CN(c2ccc(C3CCC4(CC3)OCCO4)cn2)C(=O)O1. The van der Waals surface area contributed by atoms with E-state index in [0.717, 1.165) is 25.7 Å². The Morgan fingerprint density at radius 1 is 1.28 bits per heavy atom. The first-order chi connectivity index (χ1) is 12.2. The lowest BCUT2D eigenvalue weighted by atomic mass is 9.81. The fourth-order valence-corrected chi connectivity index (χ4v) is 3.96. The second kappa shape index (κ2) is 6.90. The number of ether oxygens (including phenoxy) is 4. The van der Waals surface area contributed by atoms with Crippen LogP contribution in [-0.4, -0.2) is 56.4 Å². The number of cyclic esters (lactones) is 1. The average Bonchev–Trinajstić information content (AvgIpc) is 3.23. The summed E-state index contributed by atoms with van der Waals surface area (Å²) in [5.74, 6) is 0.758. The molecule has 4 rings (SSSR count). The molecule has 1 atom stereocenters. The smallest absolute Gasteiger partial charge is 0.416 e. The van der Waals surface area contributed by atoms with Crippen molar-refractivity contribution in [1.82, 2.24) is 4.98 Å². The molecule has 1 spiro atoms. The summed E-state index contributed by atoms with van der Waals surface area (Å²) in [4.78, 5) is 18.0. The molecule has 0 radical (unpaired) electrons. The number of hydrogen-bond donors (Lipinski definition) is 0. The van der Waals surface area contributed by atoms with Gasteiger partial charge in [-0.1, -0.05) is 6.07 Å².